The van der Waals surface area contributed by atoms with E-state index >= 15 is 0 Å². The summed E-state index contributed by atoms with van der Waals surface area (Å²) in [6, 6.07) is 7.27. The van der Waals surface area contributed by atoms with Gasteiger partial charge in [-0.05, 0) is 53.8 Å². The lowest BCUT2D eigenvalue weighted by Gasteiger charge is -2.31. The van der Waals surface area contributed by atoms with E-state index in [0.717, 1.165) is 10.9 Å². The summed E-state index contributed by atoms with van der Waals surface area (Å²) in [5.41, 5.74) is 5.98. The Morgan fingerprint density at radius 1 is 1.42 bits per heavy atom. The standard InChI is InChI=1S/C14H19BrN2S2/c1-10(6-12-4-3-5-18-12)17(2)13(8-16)14-7-11(15)9-19-14/h3-5,7,9-10,13H,6,8,16H2,1-2H3. The molecule has 0 aliphatic carbocycles. The van der Waals surface area contributed by atoms with Crippen LogP contribution in [-0.2, 0) is 6.42 Å². The Kier molecular flexibility index (Phi) is 5.59. The molecule has 2 rings (SSSR count). The van der Waals surface area contributed by atoms with Gasteiger partial charge in [-0.25, -0.2) is 0 Å². The van der Waals surface area contributed by atoms with E-state index < -0.39 is 0 Å². The number of halogens is 1. The van der Waals surface area contributed by atoms with Crippen molar-refractivity contribution in [2.45, 2.75) is 25.4 Å². The van der Waals surface area contributed by atoms with Gasteiger partial charge in [0, 0.05) is 32.2 Å². The lowest BCUT2D eigenvalue weighted by molar-refractivity contribution is 0.191. The number of nitrogens with two attached hydrogens (primary N) is 1. The Balaban J connectivity index is 2.05. The molecule has 2 aromatic heterocycles. The molecule has 5 heteroatoms. The van der Waals surface area contributed by atoms with Gasteiger partial charge in [0.25, 0.3) is 0 Å². The maximum absolute atomic E-state index is 5.98. The Morgan fingerprint density at radius 2 is 2.21 bits per heavy atom. The van der Waals surface area contributed by atoms with Gasteiger partial charge in [0.1, 0.15) is 0 Å². The van der Waals surface area contributed by atoms with Crippen LogP contribution in [0.1, 0.15) is 22.7 Å². The molecule has 2 N–H and O–H groups in total. The van der Waals surface area contributed by atoms with E-state index in [1.54, 1.807) is 11.3 Å². The fraction of sp³-hybridized carbons (Fsp3) is 0.429. The van der Waals surface area contributed by atoms with E-state index in [2.05, 4.69) is 63.8 Å². The summed E-state index contributed by atoms with van der Waals surface area (Å²) in [6.45, 7) is 2.92. The first-order chi connectivity index (χ1) is 9.11. The van der Waals surface area contributed by atoms with E-state index in [4.69, 9.17) is 5.73 Å². The largest absolute Gasteiger partial charge is 0.329 e. The second-order valence-electron chi connectivity index (χ2n) is 4.72. The van der Waals surface area contributed by atoms with Crippen molar-refractivity contribution >= 4 is 38.6 Å². The minimum Gasteiger partial charge on any atom is -0.329 e. The van der Waals surface area contributed by atoms with Crippen LogP contribution in [0.5, 0.6) is 0 Å². The van der Waals surface area contributed by atoms with E-state index in [1.807, 2.05) is 11.3 Å². The van der Waals surface area contributed by atoms with Crippen LogP contribution in [-0.4, -0.2) is 24.5 Å². The topological polar surface area (TPSA) is 29.3 Å². The lowest BCUT2D eigenvalue weighted by Crippen LogP contribution is -2.37. The molecule has 0 spiro atoms. The molecule has 0 aliphatic heterocycles. The summed E-state index contributed by atoms with van der Waals surface area (Å²) in [6.07, 6.45) is 1.08. The molecule has 2 unspecified atom stereocenters. The normalized spacial score (nSPS) is 14.8. The van der Waals surface area contributed by atoms with Crippen LogP contribution in [0.4, 0.5) is 0 Å². The average molecular weight is 359 g/mol. The zero-order chi connectivity index (χ0) is 13.8. The number of hydrogen-bond donors (Lipinski definition) is 1. The summed E-state index contributed by atoms with van der Waals surface area (Å²) < 4.78 is 1.14. The molecule has 0 saturated heterocycles. The molecule has 2 heterocycles. The maximum atomic E-state index is 5.98. The second kappa shape index (κ2) is 6.99. The zero-order valence-electron chi connectivity index (χ0n) is 11.2. The Labute approximate surface area is 131 Å². The summed E-state index contributed by atoms with van der Waals surface area (Å²) >= 11 is 7.11. The first-order valence-corrected chi connectivity index (χ1v) is 8.85. The van der Waals surface area contributed by atoms with Crippen molar-refractivity contribution in [1.29, 1.82) is 0 Å². The highest BCUT2D eigenvalue weighted by Gasteiger charge is 2.22. The van der Waals surface area contributed by atoms with Crippen molar-refractivity contribution < 1.29 is 0 Å². The molecular weight excluding hydrogens is 340 g/mol. The third kappa shape index (κ3) is 3.89. The molecule has 0 amide bonds. The van der Waals surface area contributed by atoms with Crippen LogP contribution in [0.15, 0.2) is 33.4 Å². The van der Waals surface area contributed by atoms with E-state index in [9.17, 15) is 0 Å². The first-order valence-electron chi connectivity index (χ1n) is 6.30. The molecule has 2 atom stereocenters. The average Bonchev–Trinajstić information content (AvgIpc) is 3.02. The molecule has 2 nitrogen and oxygen atoms in total. The molecule has 0 aliphatic rings. The molecule has 0 bridgehead atoms. The predicted octanol–water partition coefficient (Wildman–Crippen LogP) is 4.13. The number of nitrogens with zero attached hydrogens (tertiary/aromatic N) is 1. The number of likely N-dealkylation sites (N-methyl/N-ethyl adjacent to an activating group) is 1. The van der Waals surface area contributed by atoms with Gasteiger partial charge >= 0.3 is 0 Å². The van der Waals surface area contributed by atoms with Gasteiger partial charge in [0.2, 0.25) is 0 Å². The summed E-state index contributed by atoms with van der Waals surface area (Å²) in [7, 11) is 2.17. The van der Waals surface area contributed by atoms with Gasteiger partial charge in [-0.15, -0.1) is 22.7 Å². The molecule has 2 aromatic rings. The Morgan fingerprint density at radius 3 is 2.74 bits per heavy atom. The van der Waals surface area contributed by atoms with Crippen molar-refractivity contribution in [3.05, 3.63) is 43.2 Å². The molecule has 0 saturated carbocycles. The van der Waals surface area contributed by atoms with Crippen molar-refractivity contribution in [1.82, 2.24) is 4.90 Å². The highest BCUT2D eigenvalue weighted by atomic mass is 79.9. The van der Waals surface area contributed by atoms with Crippen molar-refractivity contribution in [3.8, 4) is 0 Å². The molecule has 0 radical (unpaired) electrons. The van der Waals surface area contributed by atoms with Crippen LogP contribution >= 0.6 is 38.6 Å². The molecule has 19 heavy (non-hydrogen) atoms. The molecule has 104 valence electrons. The SMILES string of the molecule is CC(Cc1cccs1)N(C)C(CN)c1cc(Br)cs1. The molecular formula is C14H19BrN2S2. The summed E-state index contributed by atoms with van der Waals surface area (Å²) in [4.78, 5) is 5.15. The van der Waals surface area contributed by atoms with Crippen LogP contribution in [0.25, 0.3) is 0 Å². The molecule has 0 aromatic carbocycles. The fourth-order valence-electron chi connectivity index (χ4n) is 2.16. The monoisotopic (exact) mass is 358 g/mol. The van der Waals surface area contributed by atoms with Crippen LogP contribution < -0.4 is 5.73 Å². The van der Waals surface area contributed by atoms with Gasteiger partial charge in [-0.1, -0.05) is 6.07 Å². The quantitative estimate of drug-likeness (QED) is 0.840. The third-order valence-corrected chi connectivity index (χ3v) is 6.10. The highest BCUT2D eigenvalue weighted by molar-refractivity contribution is 9.10. The number of hydrogen-bond acceptors (Lipinski definition) is 4. The molecule has 0 fully saturated rings. The van der Waals surface area contributed by atoms with E-state index in [1.165, 1.54) is 9.75 Å². The second-order valence-corrected chi connectivity index (χ2v) is 7.61. The fourth-order valence-corrected chi connectivity index (χ4v) is 4.59. The van der Waals surface area contributed by atoms with Crippen molar-refractivity contribution in [2.24, 2.45) is 5.73 Å². The summed E-state index contributed by atoms with van der Waals surface area (Å²) in [5, 5.41) is 4.26. The van der Waals surface area contributed by atoms with Gasteiger partial charge in [0.05, 0.1) is 6.04 Å². The van der Waals surface area contributed by atoms with Gasteiger partial charge in [0.15, 0.2) is 0 Å². The smallest absolute Gasteiger partial charge is 0.0564 e. The van der Waals surface area contributed by atoms with Crippen LogP contribution in [0.3, 0.4) is 0 Å². The van der Waals surface area contributed by atoms with E-state index in [0.29, 0.717) is 18.6 Å². The minimum absolute atomic E-state index is 0.297. The van der Waals surface area contributed by atoms with Gasteiger partial charge in [-0.3, -0.25) is 4.90 Å². The Bertz CT molecular complexity index is 495. The lowest BCUT2D eigenvalue weighted by atomic mass is 10.1. The first kappa shape index (κ1) is 15.2. The maximum Gasteiger partial charge on any atom is 0.0564 e. The van der Waals surface area contributed by atoms with Crippen molar-refractivity contribution in [2.75, 3.05) is 13.6 Å². The van der Waals surface area contributed by atoms with Crippen LogP contribution in [0.2, 0.25) is 0 Å². The Hall–Kier alpha value is -0.200. The minimum atomic E-state index is 0.297. The summed E-state index contributed by atoms with van der Waals surface area (Å²) in [5.74, 6) is 0. The predicted molar refractivity (Wildman–Crippen MR) is 89.1 cm³/mol. The van der Waals surface area contributed by atoms with Crippen molar-refractivity contribution in [3.63, 3.8) is 0 Å². The number of thiophene rings is 2. The van der Waals surface area contributed by atoms with Gasteiger partial charge < -0.3 is 5.73 Å². The van der Waals surface area contributed by atoms with Gasteiger partial charge in [-0.2, -0.15) is 0 Å². The third-order valence-electron chi connectivity index (χ3n) is 3.40. The van der Waals surface area contributed by atoms with E-state index in [-0.39, 0.29) is 0 Å². The van der Waals surface area contributed by atoms with Crippen LogP contribution in [0, 0.1) is 0 Å². The zero-order valence-corrected chi connectivity index (χ0v) is 14.4. The highest BCUT2D eigenvalue weighted by Crippen LogP contribution is 2.30. The number of rotatable bonds is 6.